The third-order valence-electron chi connectivity index (χ3n) is 3.83. The Balaban J connectivity index is -0.000000240. The monoisotopic (exact) mass is 716 g/mol. The van der Waals surface area contributed by atoms with Gasteiger partial charge in [0.25, 0.3) is 0 Å². The van der Waals surface area contributed by atoms with Crippen LogP contribution in [-0.2, 0) is 23.9 Å². The van der Waals surface area contributed by atoms with Crippen molar-refractivity contribution in [2.75, 3.05) is 6.61 Å². The topological polar surface area (TPSA) is 89.9 Å². The van der Waals surface area contributed by atoms with Crippen molar-refractivity contribution >= 4 is 63.2 Å². The number of carbonyl (C=O) groups excluding carboxylic acids is 2. The molecule has 1 aromatic rings. The van der Waals surface area contributed by atoms with E-state index in [1.165, 1.54) is 11.6 Å². The minimum absolute atomic E-state index is 0.286. The first-order valence-electron chi connectivity index (χ1n) is 12.5. The molecule has 0 aliphatic carbocycles. The van der Waals surface area contributed by atoms with Crippen molar-refractivity contribution in [3.05, 3.63) is 80.4 Å². The summed E-state index contributed by atoms with van der Waals surface area (Å²) in [5.41, 5.74) is 1.17. The van der Waals surface area contributed by atoms with Gasteiger partial charge in [0.15, 0.2) is 0 Å². The second kappa shape index (κ2) is 27.8. The van der Waals surface area contributed by atoms with Crippen LogP contribution < -0.4 is 0 Å². The van der Waals surface area contributed by atoms with Gasteiger partial charge in [-0.1, -0.05) is 89.4 Å². The molecule has 0 aromatic heterocycles. The molecule has 1 atom stereocenters. The third kappa shape index (κ3) is 39.3. The lowest BCUT2D eigenvalue weighted by Crippen LogP contribution is -2.38. The van der Waals surface area contributed by atoms with E-state index in [1.54, 1.807) is 0 Å². The van der Waals surface area contributed by atoms with E-state index in [1.807, 2.05) is 50.3 Å². The van der Waals surface area contributed by atoms with Crippen LogP contribution in [0.15, 0.2) is 74.9 Å². The summed E-state index contributed by atoms with van der Waals surface area (Å²) in [5, 5.41) is 7.60. The number of hydrogen-bond acceptors (Lipinski definition) is 5. The fraction of sp³-hybridized carbons (Fsp3) is 0.393. The van der Waals surface area contributed by atoms with Crippen LogP contribution in [0.5, 0.6) is 0 Å². The maximum absolute atomic E-state index is 12.4. The molecular formula is C28H37Cl3F6O6Si. The standard InChI is InChI=1S/C8H8.C7H6F6O2.C7H12O2.C3H7Cl3Si.C3H4O2/c1-2-8-6-4-3-5-7-8;1-2-5(14)15-7(12,13)4(8)3-6(9,10)11;1-3-5-6-9-7(8)4-2;1-2-3-7(4,5)6;1-2-3(4)5/h2-7H,1H2;2,4H,1,3H2;4H,2-3,5-6H2,1H3;2-3H2,1H3;2H,1H2,(H,4,5). The normalized spacial score (nSPS) is 10.9. The van der Waals surface area contributed by atoms with E-state index in [9.17, 15) is 40.7 Å². The first-order valence-corrected chi connectivity index (χ1v) is 17.7. The summed E-state index contributed by atoms with van der Waals surface area (Å²) in [6.07, 6.45) is -8.88. The van der Waals surface area contributed by atoms with Crippen molar-refractivity contribution in [1.82, 2.24) is 0 Å². The van der Waals surface area contributed by atoms with Crippen LogP contribution in [0, 0.1) is 0 Å². The fourth-order valence-electron chi connectivity index (χ4n) is 1.81. The lowest BCUT2D eigenvalue weighted by atomic mass is 10.2. The first kappa shape index (κ1) is 48.2. The number of carboxylic acid groups (broad SMARTS) is 1. The second-order valence-electron chi connectivity index (χ2n) is 7.72. The molecule has 0 bridgehead atoms. The predicted molar refractivity (Wildman–Crippen MR) is 166 cm³/mol. The Hall–Kier alpha value is -2.74. The van der Waals surface area contributed by atoms with Crippen LogP contribution in [0.25, 0.3) is 6.08 Å². The van der Waals surface area contributed by atoms with E-state index in [-0.39, 0.29) is 12.0 Å². The molecule has 1 N–H and O–H groups in total. The molecule has 1 aromatic carbocycles. The van der Waals surface area contributed by atoms with Crippen molar-refractivity contribution in [1.29, 1.82) is 0 Å². The fourth-order valence-corrected chi connectivity index (χ4v) is 4.08. The summed E-state index contributed by atoms with van der Waals surface area (Å²) in [4.78, 5) is 29.8. The summed E-state index contributed by atoms with van der Waals surface area (Å²) in [6.45, 7) is 17.1. The number of halogens is 9. The van der Waals surface area contributed by atoms with Crippen LogP contribution in [-0.4, -0.2) is 54.1 Å². The van der Waals surface area contributed by atoms with Gasteiger partial charge in [-0.2, -0.15) is 22.0 Å². The van der Waals surface area contributed by atoms with Crippen LogP contribution in [0.3, 0.4) is 0 Å². The van der Waals surface area contributed by atoms with Crippen LogP contribution in [0.2, 0.25) is 6.04 Å². The average molecular weight is 718 g/mol. The number of hydrogen-bond donors (Lipinski definition) is 1. The second-order valence-corrected chi connectivity index (χ2v) is 17.0. The summed E-state index contributed by atoms with van der Waals surface area (Å²) < 4.78 is 79.6. The molecular weight excluding hydrogens is 681 g/mol. The molecule has 0 saturated carbocycles. The Morgan fingerprint density at radius 3 is 1.66 bits per heavy atom. The van der Waals surface area contributed by atoms with E-state index >= 15 is 0 Å². The number of carbonyl (C=O) groups is 3. The van der Waals surface area contributed by atoms with E-state index in [4.69, 9.17) is 38.3 Å². The van der Waals surface area contributed by atoms with Crippen molar-refractivity contribution in [2.24, 2.45) is 0 Å². The molecule has 44 heavy (non-hydrogen) atoms. The molecule has 6 nitrogen and oxygen atoms in total. The highest BCUT2D eigenvalue weighted by molar-refractivity contribution is 7.64. The van der Waals surface area contributed by atoms with E-state index in [2.05, 4.69) is 35.8 Å². The Labute approximate surface area is 269 Å². The Morgan fingerprint density at radius 2 is 1.39 bits per heavy atom. The van der Waals surface area contributed by atoms with Crippen molar-refractivity contribution in [3.63, 3.8) is 0 Å². The van der Waals surface area contributed by atoms with Gasteiger partial charge in [0.2, 0.25) is 6.17 Å². The van der Waals surface area contributed by atoms with E-state index in [0.29, 0.717) is 6.61 Å². The molecule has 16 heteroatoms. The third-order valence-corrected chi connectivity index (χ3v) is 6.60. The lowest BCUT2D eigenvalue weighted by Gasteiger charge is -2.20. The highest BCUT2D eigenvalue weighted by Gasteiger charge is 2.49. The molecule has 0 amide bonds. The smallest absolute Gasteiger partial charge is 0.432 e. The van der Waals surface area contributed by atoms with E-state index in [0.717, 1.165) is 31.4 Å². The highest BCUT2D eigenvalue weighted by atomic mass is 35.8. The van der Waals surface area contributed by atoms with Gasteiger partial charge in [-0.25, -0.2) is 18.8 Å². The zero-order valence-electron chi connectivity index (χ0n) is 24.2. The maximum Gasteiger partial charge on any atom is 0.432 e. The summed E-state index contributed by atoms with van der Waals surface area (Å²) in [5.74, 6) is -3.02. The SMILES string of the molecule is C=CC(=O)O.C=CC(=O)OC(F)(F)C(F)CC(F)(F)F.C=CC(=O)OCCCC.C=Cc1ccccc1.CCC[Si](Cl)(Cl)Cl. The van der Waals surface area contributed by atoms with Crippen LogP contribution in [0.1, 0.15) is 45.1 Å². The van der Waals surface area contributed by atoms with Gasteiger partial charge >= 0.3 is 36.2 Å². The number of carboxylic acids is 1. The molecule has 1 rings (SSSR count). The number of aliphatic carboxylic acids is 1. The number of rotatable bonds is 12. The Morgan fingerprint density at radius 1 is 0.909 bits per heavy atom. The zero-order valence-corrected chi connectivity index (χ0v) is 27.5. The molecule has 0 heterocycles. The Kier molecular flexibility index (Phi) is 30.4. The number of benzene rings is 1. The Bertz CT molecular complexity index is 975. The summed E-state index contributed by atoms with van der Waals surface area (Å²) >= 11 is 16.5. The quantitative estimate of drug-likeness (QED) is 0.0579. The van der Waals surface area contributed by atoms with Crippen molar-refractivity contribution in [3.8, 4) is 0 Å². The van der Waals surface area contributed by atoms with Gasteiger partial charge < -0.3 is 14.6 Å². The minimum atomic E-state index is -5.11. The van der Waals surface area contributed by atoms with Gasteiger partial charge in [-0.3, -0.25) is 0 Å². The molecule has 0 aliphatic heterocycles. The average Bonchev–Trinajstić information content (AvgIpc) is 2.93. The summed E-state index contributed by atoms with van der Waals surface area (Å²) in [7, 11) is 0. The van der Waals surface area contributed by atoms with Gasteiger partial charge in [0.05, 0.1) is 13.0 Å². The van der Waals surface area contributed by atoms with Gasteiger partial charge in [-0.05, 0) is 18.0 Å². The number of alkyl halides is 6. The maximum atomic E-state index is 12.4. The van der Waals surface area contributed by atoms with Gasteiger partial charge in [0.1, 0.15) is 0 Å². The van der Waals surface area contributed by atoms with Crippen molar-refractivity contribution in [2.45, 2.75) is 64.0 Å². The molecule has 0 fully saturated rings. The zero-order chi connectivity index (χ0) is 35.4. The summed E-state index contributed by atoms with van der Waals surface area (Å²) in [6, 6.07) is 8.56. The minimum Gasteiger partial charge on any atom is -0.478 e. The largest absolute Gasteiger partial charge is 0.478 e. The van der Waals surface area contributed by atoms with Gasteiger partial charge in [0, 0.05) is 18.2 Å². The molecule has 1 unspecified atom stereocenters. The number of ether oxygens (including phenoxy) is 2. The first-order chi connectivity index (χ1) is 20.2. The van der Waals surface area contributed by atoms with Crippen LogP contribution in [0.4, 0.5) is 26.3 Å². The van der Waals surface area contributed by atoms with Crippen molar-refractivity contribution < 1.29 is 55.3 Å². The molecule has 0 saturated heterocycles. The number of esters is 2. The molecule has 252 valence electrons. The predicted octanol–water partition coefficient (Wildman–Crippen LogP) is 9.75. The van der Waals surface area contributed by atoms with E-state index < -0.39 is 42.8 Å². The van der Waals surface area contributed by atoms with Gasteiger partial charge in [-0.15, -0.1) is 33.2 Å². The lowest BCUT2D eigenvalue weighted by molar-refractivity contribution is -0.274. The van der Waals surface area contributed by atoms with Crippen LogP contribution >= 0.6 is 33.2 Å². The molecule has 0 aliphatic rings. The number of unbranched alkanes of at least 4 members (excludes halogenated alkanes) is 1. The molecule has 0 spiro atoms. The highest BCUT2D eigenvalue weighted by Crippen LogP contribution is 2.32. The molecule has 0 radical (unpaired) electrons.